The fraction of sp³-hybridized carbons (Fsp3) is 0.280. The summed E-state index contributed by atoms with van der Waals surface area (Å²) in [5.41, 5.74) is 1.58. The van der Waals surface area contributed by atoms with Gasteiger partial charge < -0.3 is 4.74 Å². The first kappa shape index (κ1) is 24.6. The summed E-state index contributed by atoms with van der Waals surface area (Å²) in [6, 6.07) is 10.5. The molecular weight excluding hydrogens is 481 g/mol. The summed E-state index contributed by atoms with van der Waals surface area (Å²) in [6.07, 6.45) is -3.33. The maximum Gasteiger partial charge on any atom is 0.573 e. The van der Waals surface area contributed by atoms with Crippen molar-refractivity contribution in [2.75, 3.05) is 4.90 Å². The molecule has 0 aliphatic carbocycles. The van der Waals surface area contributed by atoms with E-state index < -0.39 is 41.5 Å². The van der Waals surface area contributed by atoms with Crippen molar-refractivity contribution >= 4 is 33.9 Å². The third-order valence-corrected chi connectivity index (χ3v) is 6.63. The molecule has 1 aliphatic rings. The highest BCUT2D eigenvalue weighted by atomic mass is 32.1. The number of aryl methyl sites for hydroxylation is 1. The summed E-state index contributed by atoms with van der Waals surface area (Å²) in [6.45, 7) is 5.79. The van der Waals surface area contributed by atoms with Gasteiger partial charge in [-0.15, -0.1) is 24.5 Å². The van der Waals surface area contributed by atoms with Crippen LogP contribution in [0, 0.1) is 12.8 Å². The van der Waals surface area contributed by atoms with Crippen molar-refractivity contribution in [3.63, 3.8) is 0 Å². The van der Waals surface area contributed by atoms with E-state index in [0.29, 0.717) is 5.56 Å². The van der Waals surface area contributed by atoms with Crippen molar-refractivity contribution in [2.24, 2.45) is 5.92 Å². The summed E-state index contributed by atoms with van der Waals surface area (Å²) in [7, 11) is 0. The zero-order chi connectivity index (χ0) is 25.5. The topological polar surface area (TPSA) is 76.6 Å². The Hall–Kier alpha value is -3.53. The Labute approximate surface area is 203 Å². The average molecular weight is 503 g/mol. The van der Waals surface area contributed by atoms with Gasteiger partial charge in [0.25, 0.3) is 5.91 Å². The summed E-state index contributed by atoms with van der Waals surface area (Å²) in [5, 5.41) is 0.229. The molecule has 2 unspecified atom stereocenters. The third-order valence-electron chi connectivity index (χ3n) is 5.72. The van der Waals surface area contributed by atoms with Crippen molar-refractivity contribution in [1.29, 1.82) is 0 Å². The fourth-order valence-electron chi connectivity index (χ4n) is 4.01. The second-order valence-electron chi connectivity index (χ2n) is 8.47. The van der Waals surface area contributed by atoms with Crippen LogP contribution in [0.1, 0.15) is 52.2 Å². The van der Waals surface area contributed by atoms with E-state index in [4.69, 9.17) is 0 Å². The number of alkyl halides is 3. The quantitative estimate of drug-likeness (QED) is 0.248. The smallest absolute Gasteiger partial charge is 0.406 e. The number of nitrogens with zero attached hydrogens (tertiary/aromatic N) is 2. The molecule has 0 bridgehead atoms. The molecule has 6 nitrogen and oxygen atoms in total. The standard InChI is InChI=1S/C25H21F3N2O4S/c1-13(2)15-4-6-17(7-5-15)21(31)19-20(16-8-10-18(11-9-16)34-25(26,27)28)30(23(33)22(19)32)24-29-12-14(3)35-24/h4-13,19-20H,1-3H3. The molecule has 4 rings (SSSR count). The van der Waals surface area contributed by atoms with Gasteiger partial charge in [0, 0.05) is 16.6 Å². The first-order valence-corrected chi connectivity index (χ1v) is 11.6. The minimum absolute atomic E-state index is 0.229. The third kappa shape index (κ3) is 4.97. The highest BCUT2D eigenvalue weighted by Crippen LogP contribution is 2.43. The Kier molecular flexibility index (Phi) is 6.50. The van der Waals surface area contributed by atoms with E-state index in [9.17, 15) is 27.6 Å². The van der Waals surface area contributed by atoms with Crippen LogP contribution in [0.3, 0.4) is 0 Å². The van der Waals surface area contributed by atoms with Gasteiger partial charge in [0.15, 0.2) is 10.9 Å². The van der Waals surface area contributed by atoms with Gasteiger partial charge in [-0.1, -0.05) is 50.2 Å². The van der Waals surface area contributed by atoms with E-state index in [0.717, 1.165) is 27.5 Å². The van der Waals surface area contributed by atoms with Crippen molar-refractivity contribution < 1.29 is 32.3 Å². The van der Waals surface area contributed by atoms with E-state index in [1.54, 1.807) is 31.2 Å². The van der Waals surface area contributed by atoms with E-state index in [1.165, 1.54) is 29.7 Å². The second-order valence-corrected chi connectivity index (χ2v) is 9.69. The maximum atomic E-state index is 13.5. The lowest BCUT2D eigenvalue weighted by atomic mass is 9.86. The monoisotopic (exact) mass is 502 g/mol. The number of rotatable bonds is 6. The number of benzene rings is 2. The molecule has 0 radical (unpaired) electrons. The maximum absolute atomic E-state index is 13.5. The molecule has 2 heterocycles. The highest BCUT2D eigenvalue weighted by Gasteiger charge is 2.53. The number of carbonyl (C=O) groups excluding carboxylic acids is 3. The zero-order valence-electron chi connectivity index (χ0n) is 19.0. The summed E-state index contributed by atoms with van der Waals surface area (Å²) < 4.78 is 41.7. The van der Waals surface area contributed by atoms with Crippen molar-refractivity contribution in [3.05, 3.63) is 76.3 Å². The molecule has 0 spiro atoms. The molecular formula is C25H21F3N2O4S. The van der Waals surface area contributed by atoms with Gasteiger partial charge in [0.05, 0.1) is 6.04 Å². The van der Waals surface area contributed by atoms with Crippen LogP contribution in [-0.2, 0) is 9.59 Å². The summed E-state index contributed by atoms with van der Waals surface area (Å²) in [5.74, 6) is -3.93. The molecule has 1 fully saturated rings. The number of aromatic nitrogens is 1. The fourth-order valence-corrected chi connectivity index (χ4v) is 4.81. The number of anilines is 1. The predicted molar refractivity (Wildman–Crippen MR) is 124 cm³/mol. The van der Waals surface area contributed by atoms with Crippen LogP contribution in [0.4, 0.5) is 18.3 Å². The lowest BCUT2D eigenvalue weighted by Crippen LogP contribution is -2.30. The minimum Gasteiger partial charge on any atom is -0.406 e. The lowest BCUT2D eigenvalue weighted by Gasteiger charge is -2.25. The summed E-state index contributed by atoms with van der Waals surface area (Å²) >= 11 is 1.17. The van der Waals surface area contributed by atoms with Gasteiger partial charge in [-0.05, 0) is 36.1 Å². The number of carbonyl (C=O) groups is 3. The molecule has 0 saturated carbocycles. The van der Waals surface area contributed by atoms with Gasteiger partial charge in [0.1, 0.15) is 11.7 Å². The van der Waals surface area contributed by atoms with Crippen LogP contribution in [0.2, 0.25) is 0 Å². The molecule has 1 aliphatic heterocycles. The molecule has 10 heteroatoms. The number of thiazole rings is 1. The number of ketones is 2. The number of halogens is 3. The Morgan fingerprint density at radius 1 is 1.06 bits per heavy atom. The number of hydrogen-bond donors (Lipinski definition) is 0. The molecule has 1 amide bonds. The van der Waals surface area contributed by atoms with Crippen molar-refractivity contribution in [1.82, 2.24) is 4.98 Å². The molecule has 2 aromatic carbocycles. The van der Waals surface area contributed by atoms with Gasteiger partial charge >= 0.3 is 6.36 Å². The van der Waals surface area contributed by atoms with Gasteiger partial charge in [-0.25, -0.2) is 4.98 Å². The number of Topliss-reactive ketones (excluding diaryl/α,β-unsaturated/α-hetero) is 2. The van der Waals surface area contributed by atoms with E-state index >= 15 is 0 Å². The van der Waals surface area contributed by atoms with Gasteiger partial charge in [-0.3, -0.25) is 19.3 Å². The van der Waals surface area contributed by atoms with Crippen LogP contribution in [0.15, 0.2) is 54.7 Å². The van der Waals surface area contributed by atoms with Crippen LogP contribution >= 0.6 is 11.3 Å². The van der Waals surface area contributed by atoms with E-state index in [1.807, 2.05) is 13.8 Å². The normalized spacial score (nSPS) is 18.4. The SMILES string of the molecule is Cc1cnc(N2C(=O)C(=O)C(C(=O)c3ccc(C(C)C)cc3)C2c2ccc(OC(F)(F)F)cc2)s1. The zero-order valence-corrected chi connectivity index (χ0v) is 19.8. The van der Waals surface area contributed by atoms with Crippen molar-refractivity contribution in [2.45, 2.75) is 39.1 Å². The number of ether oxygens (including phenoxy) is 1. The van der Waals surface area contributed by atoms with Crippen LogP contribution in [-0.4, -0.2) is 28.8 Å². The second kappa shape index (κ2) is 9.26. The Bertz CT molecular complexity index is 1270. The first-order chi connectivity index (χ1) is 16.5. The largest absolute Gasteiger partial charge is 0.573 e. The highest BCUT2D eigenvalue weighted by molar-refractivity contribution is 7.15. The van der Waals surface area contributed by atoms with Crippen molar-refractivity contribution in [3.8, 4) is 5.75 Å². The Morgan fingerprint density at radius 3 is 2.20 bits per heavy atom. The lowest BCUT2D eigenvalue weighted by molar-refractivity contribution is -0.274. The van der Waals surface area contributed by atoms with Crippen LogP contribution < -0.4 is 9.64 Å². The predicted octanol–water partition coefficient (Wildman–Crippen LogP) is 5.63. The Balaban J connectivity index is 1.77. The first-order valence-electron chi connectivity index (χ1n) is 10.8. The molecule has 182 valence electrons. The molecule has 35 heavy (non-hydrogen) atoms. The number of hydrogen-bond acceptors (Lipinski definition) is 6. The van der Waals surface area contributed by atoms with E-state index in [2.05, 4.69) is 9.72 Å². The number of amides is 1. The van der Waals surface area contributed by atoms with Gasteiger partial charge in [-0.2, -0.15) is 0 Å². The average Bonchev–Trinajstić information content (AvgIpc) is 3.33. The van der Waals surface area contributed by atoms with Crippen LogP contribution in [0.5, 0.6) is 5.75 Å². The molecule has 1 aromatic heterocycles. The molecule has 3 aromatic rings. The summed E-state index contributed by atoms with van der Waals surface area (Å²) in [4.78, 5) is 45.8. The van der Waals surface area contributed by atoms with E-state index in [-0.39, 0.29) is 16.6 Å². The Morgan fingerprint density at radius 2 is 1.69 bits per heavy atom. The molecule has 0 N–H and O–H groups in total. The molecule has 2 atom stereocenters. The van der Waals surface area contributed by atoms with Crippen LogP contribution in [0.25, 0.3) is 0 Å². The molecule has 1 saturated heterocycles. The van der Waals surface area contributed by atoms with Gasteiger partial charge in [0.2, 0.25) is 5.78 Å². The minimum atomic E-state index is -4.87.